The lowest BCUT2D eigenvalue weighted by Gasteiger charge is -2.33. The van der Waals surface area contributed by atoms with Crippen molar-refractivity contribution >= 4 is 39.1 Å². The van der Waals surface area contributed by atoms with Gasteiger partial charge >= 0.3 is 0 Å². The number of hydrogen-bond donors (Lipinski definition) is 0. The summed E-state index contributed by atoms with van der Waals surface area (Å²) in [5.41, 5.74) is 0.822. The van der Waals surface area contributed by atoms with E-state index < -0.39 is 15.2 Å². The van der Waals surface area contributed by atoms with Crippen molar-refractivity contribution < 1.29 is 8.42 Å². The molecular formula is C10H14ClN3O2S2. The van der Waals surface area contributed by atoms with Crippen LogP contribution in [0.25, 0.3) is 0 Å². The summed E-state index contributed by atoms with van der Waals surface area (Å²) in [6.07, 6.45) is 4.52. The fraction of sp³-hybridized carbons (Fsp3) is 0.600. The second-order valence-corrected chi connectivity index (χ2v) is 7.70. The fourth-order valence-corrected chi connectivity index (χ4v) is 4.68. The molecule has 2 rings (SSSR count). The van der Waals surface area contributed by atoms with Gasteiger partial charge in [0.25, 0.3) is 0 Å². The van der Waals surface area contributed by atoms with E-state index in [1.165, 1.54) is 6.26 Å². The number of nitrogens with zero attached hydrogens (tertiary/aromatic N) is 3. The maximum Gasteiger partial charge on any atom is 0.226 e. The van der Waals surface area contributed by atoms with Gasteiger partial charge in [-0.3, -0.25) is 0 Å². The molecule has 5 nitrogen and oxygen atoms in total. The standard InChI is InChI=1S/C10H14ClN3O2S2/c1-18(15,16)9-7-17-3-2-14(9)10-12-5-8(4-11)6-13-10/h5-6,9H,2-4,7H2,1H3. The minimum absolute atomic E-state index is 0.353. The van der Waals surface area contributed by atoms with Crippen LogP contribution in [-0.4, -0.2) is 48.1 Å². The van der Waals surface area contributed by atoms with E-state index in [4.69, 9.17) is 11.6 Å². The highest BCUT2D eigenvalue weighted by Crippen LogP contribution is 2.23. The Kier molecular flexibility index (Phi) is 4.34. The first-order valence-electron chi connectivity index (χ1n) is 5.42. The molecule has 2 heterocycles. The predicted octanol–water partition coefficient (Wildman–Crippen LogP) is 1.14. The molecule has 1 saturated heterocycles. The van der Waals surface area contributed by atoms with Crippen LogP contribution < -0.4 is 4.90 Å². The molecule has 0 radical (unpaired) electrons. The van der Waals surface area contributed by atoms with E-state index >= 15 is 0 Å². The zero-order chi connectivity index (χ0) is 13.2. The molecule has 8 heteroatoms. The van der Waals surface area contributed by atoms with Gasteiger partial charge in [-0.05, 0) is 0 Å². The molecule has 100 valence electrons. The van der Waals surface area contributed by atoms with Crippen molar-refractivity contribution in [2.75, 3.05) is 29.2 Å². The lowest BCUT2D eigenvalue weighted by atomic mass is 10.4. The van der Waals surface area contributed by atoms with Gasteiger partial charge in [-0.1, -0.05) is 0 Å². The molecule has 1 aromatic rings. The highest BCUT2D eigenvalue weighted by atomic mass is 35.5. The third-order valence-electron chi connectivity index (χ3n) is 2.68. The van der Waals surface area contributed by atoms with Gasteiger partial charge in [0.05, 0.1) is 5.88 Å². The SMILES string of the molecule is CS(=O)(=O)C1CSCCN1c1ncc(CCl)cn1. The van der Waals surface area contributed by atoms with Crippen molar-refractivity contribution in [2.24, 2.45) is 0 Å². The van der Waals surface area contributed by atoms with E-state index in [0.29, 0.717) is 24.1 Å². The van der Waals surface area contributed by atoms with Crippen molar-refractivity contribution in [3.63, 3.8) is 0 Å². The van der Waals surface area contributed by atoms with Crippen LogP contribution in [0.4, 0.5) is 5.95 Å². The smallest absolute Gasteiger partial charge is 0.226 e. The van der Waals surface area contributed by atoms with Crippen molar-refractivity contribution in [1.82, 2.24) is 9.97 Å². The second kappa shape index (κ2) is 5.63. The van der Waals surface area contributed by atoms with Crippen LogP contribution in [0.15, 0.2) is 12.4 Å². The molecule has 1 fully saturated rings. The zero-order valence-electron chi connectivity index (χ0n) is 9.91. The number of aromatic nitrogens is 2. The molecule has 1 aromatic heterocycles. The van der Waals surface area contributed by atoms with Gasteiger partial charge in [-0.25, -0.2) is 18.4 Å². The summed E-state index contributed by atoms with van der Waals surface area (Å²) in [5, 5.41) is -0.543. The van der Waals surface area contributed by atoms with Crippen molar-refractivity contribution in [2.45, 2.75) is 11.3 Å². The van der Waals surface area contributed by atoms with Crippen molar-refractivity contribution in [3.05, 3.63) is 18.0 Å². The monoisotopic (exact) mass is 307 g/mol. The molecule has 0 amide bonds. The summed E-state index contributed by atoms with van der Waals surface area (Å²) in [6, 6.07) is 0. The van der Waals surface area contributed by atoms with Crippen LogP contribution in [-0.2, 0) is 15.7 Å². The topological polar surface area (TPSA) is 63.2 Å². The van der Waals surface area contributed by atoms with E-state index in [1.54, 1.807) is 29.1 Å². The Morgan fingerprint density at radius 1 is 1.50 bits per heavy atom. The lowest BCUT2D eigenvalue weighted by molar-refractivity contribution is 0.582. The maximum atomic E-state index is 11.8. The zero-order valence-corrected chi connectivity index (χ0v) is 12.3. The Bertz CT molecular complexity index is 506. The molecule has 1 aliphatic heterocycles. The van der Waals surface area contributed by atoms with Gasteiger partial charge in [-0.2, -0.15) is 11.8 Å². The molecule has 0 bridgehead atoms. The van der Waals surface area contributed by atoms with Crippen LogP contribution in [0.3, 0.4) is 0 Å². The van der Waals surface area contributed by atoms with E-state index in [0.717, 1.165) is 11.3 Å². The van der Waals surface area contributed by atoms with Gasteiger partial charge in [0.2, 0.25) is 5.95 Å². The minimum atomic E-state index is -3.14. The van der Waals surface area contributed by atoms with E-state index in [9.17, 15) is 8.42 Å². The van der Waals surface area contributed by atoms with Crippen LogP contribution in [0, 0.1) is 0 Å². The largest absolute Gasteiger partial charge is 0.322 e. The summed E-state index contributed by atoms with van der Waals surface area (Å²) in [5.74, 6) is 2.25. The van der Waals surface area contributed by atoms with E-state index in [1.807, 2.05) is 0 Å². The highest BCUT2D eigenvalue weighted by Gasteiger charge is 2.32. The Labute approximate surface area is 116 Å². The van der Waals surface area contributed by atoms with Gasteiger partial charge in [-0.15, -0.1) is 11.6 Å². The Balaban J connectivity index is 2.28. The van der Waals surface area contributed by atoms with Gasteiger partial charge in [0.1, 0.15) is 5.37 Å². The first-order chi connectivity index (χ1) is 8.52. The Hall–Kier alpha value is -0.530. The number of alkyl halides is 1. The van der Waals surface area contributed by atoms with E-state index in [2.05, 4.69) is 9.97 Å². The predicted molar refractivity (Wildman–Crippen MR) is 74.9 cm³/mol. The summed E-state index contributed by atoms with van der Waals surface area (Å²) in [7, 11) is -3.14. The number of sulfone groups is 1. The molecule has 0 saturated carbocycles. The average Bonchev–Trinajstić information content (AvgIpc) is 2.38. The highest BCUT2D eigenvalue weighted by molar-refractivity contribution is 8.01. The summed E-state index contributed by atoms with van der Waals surface area (Å²) in [4.78, 5) is 10.1. The first kappa shape index (κ1) is 13.9. The molecule has 1 unspecified atom stereocenters. The summed E-state index contributed by atoms with van der Waals surface area (Å²) >= 11 is 7.31. The molecular weight excluding hydrogens is 294 g/mol. The fourth-order valence-electron chi connectivity index (χ4n) is 1.73. The molecule has 1 atom stereocenters. The van der Waals surface area contributed by atoms with Crippen molar-refractivity contribution in [1.29, 1.82) is 0 Å². The number of rotatable bonds is 3. The summed E-state index contributed by atoms with van der Waals surface area (Å²) < 4.78 is 23.5. The number of anilines is 1. The maximum absolute atomic E-state index is 11.8. The number of hydrogen-bond acceptors (Lipinski definition) is 6. The van der Waals surface area contributed by atoms with Crippen LogP contribution in [0.1, 0.15) is 5.56 Å². The van der Waals surface area contributed by atoms with Gasteiger partial charge in [0.15, 0.2) is 9.84 Å². The lowest BCUT2D eigenvalue weighted by Crippen LogP contribution is -2.47. The van der Waals surface area contributed by atoms with E-state index in [-0.39, 0.29) is 0 Å². The third kappa shape index (κ3) is 3.07. The Morgan fingerprint density at radius 3 is 2.72 bits per heavy atom. The molecule has 0 spiro atoms. The van der Waals surface area contributed by atoms with Crippen molar-refractivity contribution in [3.8, 4) is 0 Å². The molecule has 18 heavy (non-hydrogen) atoms. The quantitative estimate of drug-likeness (QED) is 0.780. The minimum Gasteiger partial charge on any atom is -0.322 e. The van der Waals surface area contributed by atoms with Gasteiger partial charge in [0, 0.05) is 42.3 Å². The van der Waals surface area contributed by atoms with Crippen LogP contribution in [0.2, 0.25) is 0 Å². The average molecular weight is 308 g/mol. The van der Waals surface area contributed by atoms with Crippen LogP contribution >= 0.6 is 23.4 Å². The normalized spacial score (nSPS) is 21.0. The number of thioether (sulfide) groups is 1. The Morgan fingerprint density at radius 2 is 2.17 bits per heavy atom. The molecule has 0 aromatic carbocycles. The third-order valence-corrected chi connectivity index (χ3v) is 5.63. The second-order valence-electron chi connectivity index (χ2n) is 4.08. The molecule has 0 N–H and O–H groups in total. The number of halogens is 1. The molecule has 0 aliphatic carbocycles. The van der Waals surface area contributed by atoms with Crippen LogP contribution in [0.5, 0.6) is 0 Å². The first-order valence-corrected chi connectivity index (χ1v) is 9.07. The summed E-state index contributed by atoms with van der Waals surface area (Å²) in [6.45, 7) is 0.641. The van der Waals surface area contributed by atoms with Gasteiger partial charge < -0.3 is 4.90 Å². The molecule has 1 aliphatic rings.